The molecule has 0 unspecified atom stereocenters. The maximum absolute atomic E-state index is 6.19. The number of hydrogen-bond donors (Lipinski definition) is 0. The van der Waals surface area contributed by atoms with Crippen LogP contribution in [0.1, 0.15) is 22.3 Å². The predicted molar refractivity (Wildman–Crippen MR) is 101 cm³/mol. The van der Waals surface area contributed by atoms with E-state index >= 15 is 0 Å². The van der Waals surface area contributed by atoms with Crippen LogP contribution in [0.3, 0.4) is 0 Å². The molecule has 0 fully saturated rings. The Morgan fingerprint density at radius 3 is 1.48 bits per heavy atom. The molecule has 0 aliphatic heterocycles. The Morgan fingerprint density at radius 1 is 0.696 bits per heavy atom. The van der Waals surface area contributed by atoms with Crippen LogP contribution in [0.15, 0.2) is 74.9 Å². The molecule has 2 rings (SSSR count). The number of benzene rings is 2. The normalized spacial score (nSPS) is 9.91. The van der Waals surface area contributed by atoms with Crippen LogP contribution in [0.4, 0.5) is 0 Å². The first-order valence-corrected chi connectivity index (χ1v) is 7.63. The summed E-state index contributed by atoms with van der Waals surface area (Å²) in [6.45, 7) is 15.4. The molecular weight excluding hydrogens is 280 g/mol. The monoisotopic (exact) mass is 302 g/mol. The standard InChI is InChI=1S/C22H22O/c1-5-11-17-13-9-15-21(19(17)7-3)23-22-16-10-14-18(12-6-2)20(22)8-4/h5-10,13-16H,1-4,11-12H2. The van der Waals surface area contributed by atoms with Crippen molar-refractivity contribution in [2.24, 2.45) is 0 Å². The van der Waals surface area contributed by atoms with Gasteiger partial charge in [-0.25, -0.2) is 0 Å². The van der Waals surface area contributed by atoms with Crippen LogP contribution in [0, 0.1) is 0 Å². The molecule has 0 atom stereocenters. The van der Waals surface area contributed by atoms with Crippen LogP contribution in [-0.4, -0.2) is 0 Å². The zero-order valence-corrected chi connectivity index (χ0v) is 13.4. The molecule has 0 radical (unpaired) electrons. The maximum atomic E-state index is 6.19. The highest BCUT2D eigenvalue weighted by atomic mass is 16.5. The molecule has 0 aliphatic carbocycles. The van der Waals surface area contributed by atoms with Gasteiger partial charge in [-0.15, -0.1) is 13.2 Å². The van der Waals surface area contributed by atoms with E-state index in [9.17, 15) is 0 Å². The minimum absolute atomic E-state index is 0.781. The molecule has 0 aromatic heterocycles. The second-order valence-corrected chi connectivity index (χ2v) is 5.15. The van der Waals surface area contributed by atoms with E-state index in [0.717, 1.165) is 46.6 Å². The molecular formula is C22H22O. The van der Waals surface area contributed by atoms with E-state index in [1.165, 1.54) is 0 Å². The van der Waals surface area contributed by atoms with E-state index in [1.54, 1.807) is 0 Å². The highest BCUT2D eigenvalue weighted by molar-refractivity contribution is 5.64. The Morgan fingerprint density at radius 2 is 1.13 bits per heavy atom. The van der Waals surface area contributed by atoms with Crippen LogP contribution in [0.2, 0.25) is 0 Å². The largest absolute Gasteiger partial charge is 0.456 e. The third kappa shape index (κ3) is 3.70. The van der Waals surface area contributed by atoms with Crippen molar-refractivity contribution < 1.29 is 4.74 Å². The predicted octanol–water partition coefficient (Wildman–Crippen LogP) is 6.22. The Labute approximate surface area is 138 Å². The van der Waals surface area contributed by atoms with Gasteiger partial charge in [0.25, 0.3) is 0 Å². The zero-order chi connectivity index (χ0) is 16.7. The topological polar surface area (TPSA) is 9.23 Å². The summed E-state index contributed by atoms with van der Waals surface area (Å²) in [4.78, 5) is 0. The van der Waals surface area contributed by atoms with Gasteiger partial charge in [-0.3, -0.25) is 0 Å². The van der Waals surface area contributed by atoms with E-state index in [-0.39, 0.29) is 0 Å². The summed E-state index contributed by atoms with van der Waals surface area (Å²) in [5.74, 6) is 1.58. The van der Waals surface area contributed by atoms with Crippen molar-refractivity contribution in [2.75, 3.05) is 0 Å². The van der Waals surface area contributed by atoms with Crippen molar-refractivity contribution in [3.63, 3.8) is 0 Å². The van der Waals surface area contributed by atoms with Gasteiger partial charge in [0.1, 0.15) is 11.5 Å². The fourth-order valence-electron chi connectivity index (χ4n) is 2.61. The third-order valence-electron chi connectivity index (χ3n) is 3.67. The lowest BCUT2D eigenvalue weighted by Gasteiger charge is -2.15. The van der Waals surface area contributed by atoms with Gasteiger partial charge in [-0.05, 0) is 36.1 Å². The summed E-state index contributed by atoms with van der Waals surface area (Å²) in [6, 6.07) is 12.0. The lowest BCUT2D eigenvalue weighted by atomic mass is 10.0. The van der Waals surface area contributed by atoms with Crippen LogP contribution < -0.4 is 4.74 Å². The van der Waals surface area contributed by atoms with Gasteiger partial charge in [-0.1, -0.05) is 61.7 Å². The Bertz CT molecular complexity index is 674. The first-order valence-electron chi connectivity index (χ1n) is 7.63. The van der Waals surface area contributed by atoms with E-state index in [0.29, 0.717) is 0 Å². The third-order valence-corrected chi connectivity index (χ3v) is 3.67. The maximum Gasteiger partial charge on any atom is 0.134 e. The van der Waals surface area contributed by atoms with Gasteiger partial charge in [0.2, 0.25) is 0 Å². The molecule has 1 nitrogen and oxygen atoms in total. The number of allylic oxidation sites excluding steroid dienone is 2. The van der Waals surface area contributed by atoms with Crippen molar-refractivity contribution >= 4 is 12.2 Å². The minimum Gasteiger partial charge on any atom is -0.456 e. The van der Waals surface area contributed by atoms with E-state index < -0.39 is 0 Å². The van der Waals surface area contributed by atoms with E-state index in [4.69, 9.17) is 4.74 Å². The fourth-order valence-corrected chi connectivity index (χ4v) is 2.61. The van der Waals surface area contributed by atoms with Crippen LogP contribution in [0.5, 0.6) is 11.5 Å². The second-order valence-electron chi connectivity index (χ2n) is 5.15. The van der Waals surface area contributed by atoms with Crippen molar-refractivity contribution in [3.05, 3.63) is 97.1 Å². The van der Waals surface area contributed by atoms with Gasteiger partial charge in [0.05, 0.1) is 0 Å². The van der Waals surface area contributed by atoms with Crippen LogP contribution in [0.25, 0.3) is 12.2 Å². The SMILES string of the molecule is C=CCc1cccc(Oc2cccc(CC=C)c2C=C)c1C=C. The van der Waals surface area contributed by atoms with Gasteiger partial charge in [0.15, 0.2) is 0 Å². The molecule has 116 valence electrons. The number of ether oxygens (including phenoxy) is 1. The molecule has 0 aliphatic rings. The quantitative estimate of drug-likeness (QED) is 0.526. The Balaban J connectivity index is 2.47. The Kier molecular flexibility index (Phi) is 5.76. The molecule has 0 heterocycles. The first kappa shape index (κ1) is 16.6. The van der Waals surface area contributed by atoms with Crippen LogP contribution in [-0.2, 0) is 12.8 Å². The zero-order valence-electron chi connectivity index (χ0n) is 13.4. The summed E-state index contributed by atoms with van der Waals surface area (Å²) in [5, 5.41) is 0. The lowest BCUT2D eigenvalue weighted by Crippen LogP contribution is -1.96. The van der Waals surface area contributed by atoms with Gasteiger partial charge < -0.3 is 4.74 Å². The average molecular weight is 302 g/mol. The van der Waals surface area contributed by atoms with Crippen molar-refractivity contribution in [3.8, 4) is 11.5 Å². The fraction of sp³-hybridized carbons (Fsp3) is 0.0909. The number of rotatable bonds is 8. The molecule has 0 bridgehead atoms. The number of hydrogen-bond acceptors (Lipinski definition) is 1. The summed E-state index contributed by atoms with van der Waals surface area (Å²) >= 11 is 0. The molecule has 0 amide bonds. The van der Waals surface area contributed by atoms with Gasteiger partial charge in [-0.2, -0.15) is 0 Å². The van der Waals surface area contributed by atoms with Crippen molar-refractivity contribution in [2.45, 2.75) is 12.8 Å². The molecule has 2 aromatic rings. The highest BCUT2D eigenvalue weighted by Gasteiger charge is 2.10. The molecule has 1 heteroatoms. The molecule has 0 saturated heterocycles. The van der Waals surface area contributed by atoms with E-state index in [2.05, 4.69) is 38.4 Å². The molecule has 23 heavy (non-hydrogen) atoms. The van der Waals surface area contributed by atoms with E-state index in [1.807, 2.05) is 48.6 Å². The molecule has 0 saturated carbocycles. The summed E-state index contributed by atoms with van der Waals surface area (Å²) in [7, 11) is 0. The highest BCUT2D eigenvalue weighted by Crippen LogP contribution is 2.33. The second kappa shape index (κ2) is 8.00. The molecule has 0 spiro atoms. The van der Waals surface area contributed by atoms with Crippen LogP contribution >= 0.6 is 0 Å². The van der Waals surface area contributed by atoms with Gasteiger partial charge in [0, 0.05) is 11.1 Å². The first-order chi connectivity index (χ1) is 11.2. The molecule has 0 N–H and O–H groups in total. The van der Waals surface area contributed by atoms with Crippen molar-refractivity contribution in [1.82, 2.24) is 0 Å². The average Bonchev–Trinajstić information content (AvgIpc) is 2.56. The smallest absolute Gasteiger partial charge is 0.134 e. The summed E-state index contributed by atoms with van der Waals surface area (Å²) in [5.41, 5.74) is 4.29. The summed E-state index contributed by atoms with van der Waals surface area (Å²) < 4.78 is 6.19. The molecule has 2 aromatic carbocycles. The lowest BCUT2D eigenvalue weighted by molar-refractivity contribution is 0.479. The summed E-state index contributed by atoms with van der Waals surface area (Å²) in [6.07, 6.45) is 8.98. The minimum atomic E-state index is 0.781. The van der Waals surface area contributed by atoms with Gasteiger partial charge >= 0.3 is 0 Å². The van der Waals surface area contributed by atoms with Crippen molar-refractivity contribution in [1.29, 1.82) is 0 Å². The Hall–Kier alpha value is -2.80.